The Morgan fingerprint density at radius 2 is 2.04 bits per heavy atom. The maximum Gasteiger partial charge on any atom is 0.126 e. The SMILES string of the molecule is CC(C)(C)N1CCC2(CC1)CC(N=[N+]=[N-])c1ccc(F)cc1O2. The van der Waals surface area contributed by atoms with Crippen LogP contribution in [0.5, 0.6) is 5.75 Å². The second kappa shape index (κ2) is 5.69. The van der Waals surface area contributed by atoms with Gasteiger partial charge in [0.05, 0.1) is 6.04 Å². The summed E-state index contributed by atoms with van der Waals surface area (Å²) >= 11 is 0. The summed E-state index contributed by atoms with van der Waals surface area (Å²) in [4.78, 5) is 5.41. The molecule has 1 aromatic rings. The summed E-state index contributed by atoms with van der Waals surface area (Å²) in [5.74, 6) is 0.200. The number of hydrogen-bond donors (Lipinski definition) is 0. The number of rotatable bonds is 1. The maximum atomic E-state index is 13.6. The number of azide groups is 1. The molecule has 1 saturated heterocycles. The van der Waals surface area contributed by atoms with Crippen molar-refractivity contribution < 1.29 is 9.13 Å². The predicted octanol–water partition coefficient (Wildman–Crippen LogP) is 4.59. The molecule has 3 rings (SSSR count). The molecule has 0 radical (unpaired) electrons. The Hall–Kier alpha value is -1.78. The van der Waals surface area contributed by atoms with Crippen molar-refractivity contribution in [2.75, 3.05) is 13.1 Å². The summed E-state index contributed by atoms with van der Waals surface area (Å²) < 4.78 is 19.8. The zero-order valence-electron chi connectivity index (χ0n) is 13.9. The average molecular weight is 318 g/mol. The lowest BCUT2D eigenvalue weighted by Gasteiger charge is -2.49. The van der Waals surface area contributed by atoms with E-state index in [0.717, 1.165) is 31.5 Å². The van der Waals surface area contributed by atoms with E-state index in [0.29, 0.717) is 12.2 Å². The van der Waals surface area contributed by atoms with Crippen molar-refractivity contribution in [3.05, 3.63) is 40.0 Å². The van der Waals surface area contributed by atoms with Gasteiger partial charge in [-0.15, -0.1) is 0 Å². The van der Waals surface area contributed by atoms with E-state index in [1.807, 2.05) is 0 Å². The summed E-state index contributed by atoms with van der Waals surface area (Å²) in [7, 11) is 0. The molecular weight excluding hydrogens is 295 g/mol. The fourth-order valence-corrected chi connectivity index (χ4v) is 3.67. The van der Waals surface area contributed by atoms with Crippen LogP contribution >= 0.6 is 0 Å². The van der Waals surface area contributed by atoms with Crippen molar-refractivity contribution in [2.45, 2.75) is 57.2 Å². The van der Waals surface area contributed by atoms with Crippen LogP contribution in [0.25, 0.3) is 10.4 Å². The monoisotopic (exact) mass is 318 g/mol. The lowest BCUT2D eigenvalue weighted by molar-refractivity contribution is -0.0414. The molecule has 1 atom stereocenters. The zero-order valence-corrected chi connectivity index (χ0v) is 13.9. The van der Waals surface area contributed by atoms with E-state index in [4.69, 9.17) is 10.3 Å². The third-order valence-corrected chi connectivity index (χ3v) is 5.04. The van der Waals surface area contributed by atoms with Gasteiger partial charge in [-0.25, -0.2) is 4.39 Å². The van der Waals surface area contributed by atoms with Gasteiger partial charge in [0.15, 0.2) is 0 Å². The van der Waals surface area contributed by atoms with Crippen LogP contribution < -0.4 is 4.74 Å². The molecule has 23 heavy (non-hydrogen) atoms. The van der Waals surface area contributed by atoms with E-state index in [1.165, 1.54) is 12.1 Å². The van der Waals surface area contributed by atoms with Crippen LogP contribution in [0.15, 0.2) is 23.3 Å². The molecule has 1 aromatic carbocycles. The number of hydrogen-bond acceptors (Lipinski definition) is 3. The van der Waals surface area contributed by atoms with Gasteiger partial charge in [0.25, 0.3) is 0 Å². The Balaban J connectivity index is 1.87. The van der Waals surface area contributed by atoms with Gasteiger partial charge in [0, 0.05) is 35.2 Å². The molecule has 0 aromatic heterocycles. The molecule has 6 heteroatoms. The van der Waals surface area contributed by atoms with Crippen molar-refractivity contribution in [1.82, 2.24) is 4.90 Å². The Kier molecular flexibility index (Phi) is 3.98. The first-order valence-corrected chi connectivity index (χ1v) is 8.11. The Morgan fingerprint density at radius 3 is 2.65 bits per heavy atom. The molecule has 2 aliphatic rings. The molecule has 124 valence electrons. The molecule has 2 aliphatic heterocycles. The number of likely N-dealkylation sites (tertiary alicyclic amines) is 1. The second-order valence-corrected chi connectivity index (χ2v) is 7.55. The first-order valence-electron chi connectivity index (χ1n) is 8.11. The Bertz CT molecular complexity index is 640. The minimum Gasteiger partial charge on any atom is -0.487 e. The summed E-state index contributed by atoms with van der Waals surface area (Å²) in [5.41, 5.74) is 9.42. The average Bonchev–Trinajstić information content (AvgIpc) is 2.46. The predicted molar refractivity (Wildman–Crippen MR) is 86.8 cm³/mol. The van der Waals surface area contributed by atoms with Gasteiger partial charge in [-0.3, -0.25) is 4.90 Å². The molecule has 2 heterocycles. The number of piperidine rings is 1. The molecule has 1 spiro atoms. The van der Waals surface area contributed by atoms with Crippen molar-refractivity contribution in [3.63, 3.8) is 0 Å². The number of halogens is 1. The van der Waals surface area contributed by atoms with E-state index < -0.39 is 0 Å². The summed E-state index contributed by atoms with van der Waals surface area (Å²) in [6.45, 7) is 8.48. The first kappa shape index (κ1) is 16.1. The van der Waals surface area contributed by atoms with Crippen molar-refractivity contribution in [2.24, 2.45) is 5.11 Å². The molecule has 0 N–H and O–H groups in total. The molecule has 0 amide bonds. The summed E-state index contributed by atoms with van der Waals surface area (Å²) in [6.07, 6.45) is 2.38. The number of nitrogens with zero attached hydrogens (tertiary/aromatic N) is 4. The highest BCUT2D eigenvalue weighted by Crippen LogP contribution is 2.46. The van der Waals surface area contributed by atoms with E-state index in [-0.39, 0.29) is 23.0 Å². The van der Waals surface area contributed by atoms with Gasteiger partial charge < -0.3 is 4.74 Å². The van der Waals surface area contributed by atoms with Crippen LogP contribution in [0.1, 0.15) is 51.6 Å². The normalized spacial score (nSPS) is 23.7. The minimum absolute atomic E-state index is 0.129. The quantitative estimate of drug-likeness (QED) is 0.432. The smallest absolute Gasteiger partial charge is 0.126 e. The minimum atomic E-state index is -0.360. The third-order valence-electron chi connectivity index (χ3n) is 5.04. The summed E-state index contributed by atoms with van der Waals surface area (Å²) in [6, 6.07) is 4.18. The molecule has 5 nitrogen and oxygen atoms in total. The van der Waals surface area contributed by atoms with Crippen molar-refractivity contribution >= 4 is 0 Å². The highest BCUT2D eigenvalue weighted by atomic mass is 19.1. The Morgan fingerprint density at radius 1 is 1.35 bits per heavy atom. The van der Waals surface area contributed by atoms with E-state index in [2.05, 4.69) is 35.7 Å². The van der Waals surface area contributed by atoms with Crippen LogP contribution in [0, 0.1) is 5.82 Å². The largest absolute Gasteiger partial charge is 0.487 e. The zero-order chi connectivity index (χ0) is 16.7. The molecule has 0 saturated carbocycles. The van der Waals surface area contributed by atoms with Gasteiger partial charge >= 0.3 is 0 Å². The number of benzene rings is 1. The highest BCUT2D eigenvalue weighted by molar-refractivity contribution is 5.39. The lowest BCUT2D eigenvalue weighted by atomic mass is 9.80. The Labute approximate surface area is 136 Å². The van der Waals surface area contributed by atoms with E-state index >= 15 is 0 Å². The fraction of sp³-hybridized carbons (Fsp3) is 0.647. The summed E-state index contributed by atoms with van der Waals surface area (Å²) in [5, 5.41) is 3.94. The standard InChI is InChI=1S/C17H23FN4O/c1-16(2,3)22-8-6-17(7-9-22)11-14(20-21-19)13-5-4-12(18)10-15(13)23-17/h4-5,10,14H,6-9,11H2,1-3H3. The van der Waals surface area contributed by atoms with Crippen molar-refractivity contribution in [3.8, 4) is 5.75 Å². The van der Waals surface area contributed by atoms with Gasteiger partial charge in [-0.1, -0.05) is 11.2 Å². The van der Waals surface area contributed by atoms with Crippen LogP contribution in [0.4, 0.5) is 4.39 Å². The number of ether oxygens (including phenoxy) is 1. The number of fused-ring (bicyclic) bond motifs is 1. The molecule has 0 bridgehead atoms. The van der Waals surface area contributed by atoms with Crippen LogP contribution in [0.3, 0.4) is 0 Å². The van der Waals surface area contributed by atoms with Crippen LogP contribution in [-0.2, 0) is 0 Å². The van der Waals surface area contributed by atoms with Crippen molar-refractivity contribution in [1.29, 1.82) is 0 Å². The highest BCUT2D eigenvalue weighted by Gasteiger charge is 2.44. The molecular formula is C17H23FN4O. The van der Waals surface area contributed by atoms with Gasteiger partial charge in [-0.2, -0.15) is 0 Å². The third kappa shape index (κ3) is 3.14. The maximum absolute atomic E-state index is 13.6. The molecule has 1 unspecified atom stereocenters. The molecule has 0 aliphatic carbocycles. The van der Waals surface area contributed by atoms with E-state index in [9.17, 15) is 4.39 Å². The van der Waals surface area contributed by atoms with Gasteiger partial charge in [-0.05, 0) is 51.6 Å². The van der Waals surface area contributed by atoms with Crippen LogP contribution in [0.2, 0.25) is 0 Å². The second-order valence-electron chi connectivity index (χ2n) is 7.55. The van der Waals surface area contributed by atoms with Gasteiger partial charge in [0.1, 0.15) is 17.2 Å². The van der Waals surface area contributed by atoms with Crippen LogP contribution in [-0.4, -0.2) is 29.1 Å². The fourth-order valence-electron chi connectivity index (χ4n) is 3.67. The topological polar surface area (TPSA) is 61.2 Å². The first-order chi connectivity index (χ1) is 10.8. The lowest BCUT2D eigenvalue weighted by Crippen LogP contribution is -2.54. The van der Waals surface area contributed by atoms with Gasteiger partial charge in [0.2, 0.25) is 0 Å². The van der Waals surface area contributed by atoms with E-state index in [1.54, 1.807) is 6.07 Å². The molecule has 1 fully saturated rings.